The van der Waals surface area contributed by atoms with Gasteiger partial charge in [0.2, 0.25) is 0 Å². The fraction of sp³-hybridized carbons (Fsp3) is 0.727. The summed E-state index contributed by atoms with van der Waals surface area (Å²) < 4.78 is 4.67. The minimum absolute atomic E-state index is 0.198. The second-order valence-corrected chi connectivity index (χ2v) is 3.16. The fourth-order valence-electron chi connectivity index (χ4n) is 1.24. The van der Waals surface area contributed by atoms with Gasteiger partial charge in [0.05, 0.1) is 7.11 Å². The average molecular weight is 197 g/mol. The summed E-state index contributed by atoms with van der Waals surface area (Å²) in [6.45, 7) is 3.98. The van der Waals surface area contributed by atoms with E-state index in [1.807, 2.05) is 13.8 Å². The molecule has 0 amide bonds. The van der Waals surface area contributed by atoms with Crippen LogP contribution in [0.5, 0.6) is 0 Å². The number of rotatable bonds is 6. The molecule has 14 heavy (non-hydrogen) atoms. The maximum atomic E-state index is 11.3. The highest BCUT2D eigenvalue weighted by molar-refractivity contribution is 5.75. The third-order valence-electron chi connectivity index (χ3n) is 2.19. The number of ether oxygens (including phenoxy) is 1. The highest BCUT2D eigenvalue weighted by Gasteiger charge is 2.19. The Balaban J connectivity index is 4.14. The Hall–Kier alpha value is -1.01. The number of hydrogen-bond donors (Lipinski definition) is 1. The Morgan fingerprint density at radius 3 is 2.50 bits per heavy atom. The van der Waals surface area contributed by atoms with Crippen LogP contribution in [0, 0.1) is 12.3 Å². The Labute approximate surface area is 86.2 Å². The predicted molar refractivity (Wildman–Crippen MR) is 56.8 cm³/mol. The molecule has 0 saturated carbocycles. The Morgan fingerprint density at radius 1 is 1.50 bits per heavy atom. The lowest BCUT2D eigenvalue weighted by Gasteiger charge is -2.20. The summed E-state index contributed by atoms with van der Waals surface area (Å²) in [4.78, 5) is 11.3. The second kappa shape index (κ2) is 7.40. The van der Waals surface area contributed by atoms with Gasteiger partial charge in [-0.05, 0) is 12.8 Å². The minimum Gasteiger partial charge on any atom is -0.468 e. The monoisotopic (exact) mass is 197 g/mol. The maximum Gasteiger partial charge on any atom is 0.322 e. The van der Waals surface area contributed by atoms with Crippen molar-refractivity contribution in [3.63, 3.8) is 0 Å². The molecule has 0 spiro atoms. The van der Waals surface area contributed by atoms with E-state index in [4.69, 9.17) is 6.42 Å². The van der Waals surface area contributed by atoms with Crippen LogP contribution >= 0.6 is 0 Å². The van der Waals surface area contributed by atoms with E-state index < -0.39 is 0 Å². The Bertz CT molecular complexity index is 208. The zero-order chi connectivity index (χ0) is 11.0. The topological polar surface area (TPSA) is 38.3 Å². The summed E-state index contributed by atoms with van der Waals surface area (Å²) in [6, 6.07) is -0.0395. The molecule has 0 aliphatic rings. The smallest absolute Gasteiger partial charge is 0.322 e. The van der Waals surface area contributed by atoms with Crippen molar-refractivity contribution in [1.82, 2.24) is 5.32 Å². The van der Waals surface area contributed by atoms with Crippen LogP contribution in [0.3, 0.4) is 0 Å². The Morgan fingerprint density at radius 2 is 2.14 bits per heavy atom. The van der Waals surface area contributed by atoms with Crippen molar-refractivity contribution in [2.45, 2.75) is 45.2 Å². The van der Waals surface area contributed by atoms with Gasteiger partial charge in [-0.1, -0.05) is 13.8 Å². The van der Waals surface area contributed by atoms with E-state index in [0.29, 0.717) is 12.8 Å². The molecule has 0 aromatic rings. The van der Waals surface area contributed by atoms with E-state index in [-0.39, 0.29) is 18.1 Å². The predicted octanol–water partition coefficient (Wildman–Crippen LogP) is 1.33. The number of esters is 1. The molecule has 0 radical (unpaired) electrons. The number of hydrogen-bond acceptors (Lipinski definition) is 3. The van der Waals surface area contributed by atoms with E-state index in [1.54, 1.807) is 0 Å². The van der Waals surface area contributed by atoms with Gasteiger partial charge in [0.1, 0.15) is 6.04 Å². The van der Waals surface area contributed by atoms with E-state index in [2.05, 4.69) is 16.0 Å². The molecule has 0 saturated heterocycles. The maximum absolute atomic E-state index is 11.3. The van der Waals surface area contributed by atoms with Crippen molar-refractivity contribution in [1.29, 1.82) is 0 Å². The third-order valence-corrected chi connectivity index (χ3v) is 2.19. The first-order chi connectivity index (χ1) is 6.69. The van der Waals surface area contributed by atoms with Crippen LogP contribution in [0.25, 0.3) is 0 Å². The van der Waals surface area contributed by atoms with Crippen molar-refractivity contribution < 1.29 is 9.53 Å². The number of methoxy groups -OCH3 is 1. The molecule has 0 rings (SSSR count). The molecule has 0 aliphatic heterocycles. The molecule has 2 atom stereocenters. The molecule has 80 valence electrons. The first-order valence-electron chi connectivity index (χ1n) is 4.96. The fourth-order valence-corrected chi connectivity index (χ4v) is 1.24. The van der Waals surface area contributed by atoms with E-state index in [1.165, 1.54) is 7.11 Å². The number of carbonyl (C=O) groups excluding carboxylic acids is 1. The van der Waals surface area contributed by atoms with Gasteiger partial charge in [-0.2, -0.15) is 0 Å². The van der Waals surface area contributed by atoms with Crippen LogP contribution < -0.4 is 5.32 Å². The van der Waals surface area contributed by atoms with Crippen molar-refractivity contribution in [3.05, 3.63) is 0 Å². The number of nitrogens with one attached hydrogen (secondary N) is 1. The van der Waals surface area contributed by atoms with Gasteiger partial charge in [0.25, 0.3) is 0 Å². The molecule has 2 unspecified atom stereocenters. The summed E-state index contributed by atoms with van der Waals surface area (Å²) in [5.74, 6) is 2.37. The summed E-state index contributed by atoms with van der Waals surface area (Å²) in [6.07, 6.45) is 7.50. The molecule has 3 heteroatoms. The van der Waals surface area contributed by atoms with E-state index >= 15 is 0 Å². The summed E-state index contributed by atoms with van der Waals surface area (Å²) >= 11 is 0. The molecule has 3 nitrogen and oxygen atoms in total. The van der Waals surface area contributed by atoms with Gasteiger partial charge in [-0.25, -0.2) is 0 Å². The van der Waals surface area contributed by atoms with E-state index in [0.717, 1.165) is 6.42 Å². The van der Waals surface area contributed by atoms with Gasteiger partial charge >= 0.3 is 5.97 Å². The zero-order valence-electron chi connectivity index (χ0n) is 9.17. The first kappa shape index (κ1) is 13.0. The van der Waals surface area contributed by atoms with Crippen LogP contribution in [0.4, 0.5) is 0 Å². The lowest BCUT2D eigenvalue weighted by atomic mass is 10.1. The van der Waals surface area contributed by atoms with Gasteiger partial charge < -0.3 is 10.1 Å². The molecule has 0 aromatic heterocycles. The van der Waals surface area contributed by atoms with Crippen molar-refractivity contribution in [3.8, 4) is 12.3 Å². The second-order valence-electron chi connectivity index (χ2n) is 3.16. The standard InChI is InChI=1S/C11H19NO2/c1-5-8-9(6-2)12-10(7-3)11(13)14-4/h1,9-10,12H,6-8H2,2-4H3. The van der Waals surface area contributed by atoms with E-state index in [9.17, 15) is 4.79 Å². The highest BCUT2D eigenvalue weighted by atomic mass is 16.5. The summed E-state index contributed by atoms with van der Waals surface area (Å²) in [7, 11) is 1.40. The molecule has 0 fully saturated rings. The average Bonchev–Trinajstić information content (AvgIpc) is 2.23. The van der Waals surface area contributed by atoms with Crippen LogP contribution in [-0.4, -0.2) is 25.2 Å². The van der Waals surface area contributed by atoms with Crippen molar-refractivity contribution >= 4 is 5.97 Å². The van der Waals surface area contributed by atoms with Crippen LogP contribution in [0.2, 0.25) is 0 Å². The Kier molecular flexibility index (Phi) is 6.87. The largest absolute Gasteiger partial charge is 0.468 e. The van der Waals surface area contributed by atoms with Crippen molar-refractivity contribution in [2.75, 3.05) is 7.11 Å². The van der Waals surface area contributed by atoms with Gasteiger partial charge in [-0.15, -0.1) is 12.3 Å². The minimum atomic E-state index is -0.238. The lowest BCUT2D eigenvalue weighted by molar-refractivity contribution is -0.143. The van der Waals surface area contributed by atoms with Crippen LogP contribution in [0.1, 0.15) is 33.1 Å². The first-order valence-corrected chi connectivity index (χ1v) is 4.96. The number of terminal acetylenes is 1. The quantitative estimate of drug-likeness (QED) is 0.515. The summed E-state index contributed by atoms with van der Waals surface area (Å²) in [5, 5.41) is 3.19. The zero-order valence-corrected chi connectivity index (χ0v) is 9.17. The molecular formula is C11H19NO2. The van der Waals surface area contributed by atoms with Crippen molar-refractivity contribution in [2.24, 2.45) is 0 Å². The lowest BCUT2D eigenvalue weighted by Crippen LogP contribution is -2.43. The third kappa shape index (κ3) is 4.29. The summed E-state index contributed by atoms with van der Waals surface area (Å²) in [5.41, 5.74) is 0. The SMILES string of the molecule is C#CCC(CC)NC(CC)C(=O)OC. The molecular weight excluding hydrogens is 178 g/mol. The molecule has 0 aliphatic carbocycles. The van der Waals surface area contributed by atoms with Gasteiger partial charge in [0, 0.05) is 12.5 Å². The van der Waals surface area contributed by atoms with Gasteiger partial charge in [0.15, 0.2) is 0 Å². The molecule has 1 N–H and O–H groups in total. The van der Waals surface area contributed by atoms with Gasteiger partial charge in [-0.3, -0.25) is 4.79 Å². The molecule has 0 bridgehead atoms. The molecule has 0 aromatic carbocycles. The molecule has 0 heterocycles. The highest BCUT2D eigenvalue weighted by Crippen LogP contribution is 2.02. The number of carbonyl (C=O) groups is 1. The van der Waals surface area contributed by atoms with Crippen LogP contribution in [0.15, 0.2) is 0 Å². The van der Waals surface area contributed by atoms with Crippen LogP contribution in [-0.2, 0) is 9.53 Å². The normalized spacial score (nSPS) is 14.1.